The number of hydrogen-bond donors (Lipinski definition) is 0. The number of pyridine rings is 2. The minimum atomic E-state index is 0.580. The zero-order chi connectivity index (χ0) is 12.8. The molecule has 0 saturated carbocycles. The van der Waals surface area contributed by atoms with Crippen molar-refractivity contribution in [2.24, 2.45) is 0 Å². The number of hydrogen-bond acceptors (Lipinski definition) is 3. The lowest BCUT2D eigenvalue weighted by molar-refractivity contribution is 0.112. The summed E-state index contributed by atoms with van der Waals surface area (Å²) in [5, 5.41) is 0.931. The lowest BCUT2D eigenvalue weighted by Crippen LogP contribution is -1.94. The van der Waals surface area contributed by atoms with Gasteiger partial charge in [-0.3, -0.25) is 14.2 Å². The van der Waals surface area contributed by atoms with Gasteiger partial charge in [0.2, 0.25) is 0 Å². The Hall–Kier alpha value is -2.75. The number of carbonyl (C=O) groups is 1. The van der Waals surface area contributed by atoms with Gasteiger partial charge in [0.05, 0.1) is 22.1 Å². The van der Waals surface area contributed by atoms with Gasteiger partial charge >= 0.3 is 0 Å². The number of carbonyl (C=O) groups excluding carboxylic acids is 1. The number of rotatable bonds is 1. The van der Waals surface area contributed by atoms with E-state index in [2.05, 4.69) is 9.97 Å². The monoisotopic (exact) mass is 247 g/mol. The molecular weight excluding hydrogens is 238 g/mol. The number of benzene rings is 1. The second-order valence-corrected chi connectivity index (χ2v) is 4.41. The van der Waals surface area contributed by atoms with Gasteiger partial charge in [-0.05, 0) is 24.3 Å². The molecule has 0 saturated heterocycles. The first-order valence-corrected chi connectivity index (χ1v) is 5.97. The summed E-state index contributed by atoms with van der Waals surface area (Å²) < 4.78 is 2.01. The number of para-hydroxylation sites is 2. The summed E-state index contributed by atoms with van der Waals surface area (Å²) in [7, 11) is 0. The van der Waals surface area contributed by atoms with Gasteiger partial charge in [0.1, 0.15) is 5.65 Å². The van der Waals surface area contributed by atoms with Crippen LogP contribution < -0.4 is 0 Å². The van der Waals surface area contributed by atoms with Crippen LogP contribution in [0, 0.1) is 0 Å². The Bertz CT molecular complexity index is 940. The van der Waals surface area contributed by atoms with Crippen LogP contribution in [0.1, 0.15) is 10.4 Å². The molecule has 0 atom stereocenters. The first-order chi connectivity index (χ1) is 9.38. The van der Waals surface area contributed by atoms with Crippen molar-refractivity contribution in [3.05, 3.63) is 54.4 Å². The van der Waals surface area contributed by atoms with Crippen LogP contribution in [0.2, 0.25) is 0 Å². The van der Waals surface area contributed by atoms with Gasteiger partial charge in [0.15, 0.2) is 6.29 Å². The highest BCUT2D eigenvalue weighted by Gasteiger charge is 2.11. The number of nitrogens with zero attached hydrogens (tertiary/aromatic N) is 3. The fraction of sp³-hybridized carbons (Fsp3) is 0. The fourth-order valence-corrected chi connectivity index (χ4v) is 2.50. The molecule has 0 bridgehead atoms. The average molecular weight is 247 g/mol. The van der Waals surface area contributed by atoms with E-state index in [1.165, 1.54) is 0 Å². The highest BCUT2D eigenvalue weighted by atomic mass is 16.1. The molecule has 19 heavy (non-hydrogen) atoms. The van der Waals surface area contributed by atoms with Crippen molar-refractivity contribution < 1.29 is 4.79 Å². The highest BCUT2D eigenvalue weighted by molar-refractivity contribution is 5.98. The molecule has 4 heteroatoms. The molecule has 3 heterocycles. The SMILES string of the molecule is O=Cc1cc2cnccc2n2c1nc1ccccc12. The quantitative estimate of drug-likeness (QED) is 0.486. The fourth-order valence-electron chi connectivity index (χ4n) is 2.50. The normalized spacial score (nSPS) is 11.4. The molecule has 0 N–H and O–H groups in total. The molecule has 4 aromatic rings. The Morgan fingerprint density at radius 1 is 1.11 bits per heavy atom. The Morgan fingerprint density at radius 3 is 2.89 bits per heavy atom. The number of aromatic nitrogens is 3. The smallest absolute Gasteiger partial charge is 0.153 e. The molecule has 1 aromatic carbocycles. The molecular formula is C15H9N3O. The minimum Gasteiger partial charge on any atom is -0.298 e. The van der Waals surface area contributed by atoms with Crippen molar-refractivity contribution in [1.29, 1.82) is 0 Å². The van der Waals surface area contributed by atoms with E-state index in [0.29, 0.717) is 11.2 Å². The van der Waals surface area contributed by atoms with Crippen molar-refractivity contribution >= 4 is 33.9 Å². The second-order valence-electron chi connectivity index (χ2n) is 4.41. The van der Waals surface area contributed by atoms with Gasteiger partial charge in [0.25, 0.3) is 0 Å². The maximum Gasteiger partial charge on any atom is 0.153 e. The lowest BCUT2D eigenvalue weighted by Gasteiger charge is -2.04. The average Bonchev–Trinajstić information content (AvgIpc) is 2.86. The molecule has 0 fully saturated rings. The zero-order valence-electron chi connectivity index (χ0n) is 9.95. The molecule has 0 amide bonds. The standard InChI is InChI=1S/C15H9N3O/c19-9-11-7-10-8-16-6-5-13(10)18-14-4-2-1-3-12(14)17-15(11)18/h1-9H. The predicted octanol–water partition coefficient (Wildman–Crippen LogP) is 2.85. The number of aldehydes is 1. The van der Waals surface area contributed by atoms with E-state index >= 15 is 0 Å². The summed E-state index contributed by atoms with van der Waals surface area (Å²) in [4.78, 5) is 19.9. The molecule has 0 aliphatic rings. The third-order valence-electron chi connectivity index (χ3n) is 3.33. The van der Waals surface area contributed by atoms with E-state index in [4.69, 9.17) is 0 Å². The van der Waals surface area contributed by atoms with Gasteiger partial charge in [-0.1, -0.05) is 12.1 Å². The third-order valence-corrected chi connectivity index (χ3v) is 3.33. The minimum absolute atomic E-state index is 0.580. The summed E-state index contributed by atoms with van der Waals surface area (Å²) in [5.41, 5.74) is 4.16. The van der Waals surface area contributed by atoms with E-state index in [0.717, 1.165) is 28.2 Å². The van der Waals surface area contributed by atoms with Crippen LogP contribution in [0.4, 0.5) is 0 Å². The van der Waals surface area contributed by atoms with Crippen molar-refractivity contribution in [3.8, 4) is 0 Å². The first kappa shape index (κ1) is 10.2. The summed E-state index contributed by atoms with van der Waals surface area (Å²) in [5.74, 6) is 0. The Kier molecular flexibility index (Phi) is 1.94. The summed E-state index contributed by atoms with van der Waals surface area (Å²) in [6.07, 6.45) is 4.35. The molecule has 0 aliphatic carbocycles. The first-order valence-electron chi connectivity index (χ1n) is 5.97. The zero-order valence-corrected chi connectivity index (χ0v) is 9.95. The van der Waals surface area contributed by atoms with Crippen LogP contribution in [0.25, 0.3) is 27.6 Å². The maximum absolute atomic E-state index is 11.3. The van der Waals surface area contributed by atoms with Gasteiger partial charge in [-0.25, -0.2) is 4.98 Å². The second kappa shape index (κ2) is 3.62. The molecule has 90 valence electrons. The van der Waals surface area contributed by atoms with Crippen molar-refractivity contribution in [3.63, 3.8) is 0 Å². The molecule has 0 unspecified atom stereocenters. The summed E-state index contributed by atoms with van der Waals surface area (Å²) in [6, 6.07) is 11.6. The van der Waals surface area contributed by atoms with Gasteiger partial charge < -0.3 is 0 Å². The largest absolute Gasteiger partial charge is 0.298 e. The molecule has 0 spiro atoms. The van der Waals surface area contributed by atoms with Crippen LogP contribution in [0.5, 0.6) is 0 Å². The van der Waals surface area contributed by atoms with Crippen molar-refractivity contribution in [2.45, 2.75) is 0 Å². The molecule has 0 aliphatic heterocycles. The number of imidazole rings is 1. The van der Waals surface area contributed by atoms with E-state index in [9.17, 15) is 4.79 Å². The third kappa shape index (κ3) is 1.31. The summed E-state index contributed by atoms with van der Waals surface area (Å²) >= 11 is 0. The van der Waals surface area contributed by atoms with Crippen LogP contribution in [-0.2, 0) is 0 Å². The number of fused-ring (bicyclic) bond motifs is 5. The van der Waals surface area contributed by atoms with Gasteiger partial charge in [-0.15, -0.1) is 0 Å². The Labute approximate surface area is 108 Å². The maximum atomic E-state index is 11.3. The topological polar surface area (TPSA) is 47.3 Å². The molecule has 0 radical (unpaired) electrons. The van der Waals surface area contributed by atoms with E-state index < -0.39 is 0 Å². The van der Waals surface area contributed by atoms with E-state index in [1.807, 2.05) is 40.8 Å². The Morgan fingerprint density at radius 2 is 2.00 bits per heavy atom. The highest BCUT2D eigenvalue weighted by Crippen LogP contribution is 2.24. The van der Waals surface area contributed by atoms with Crippen LogP contribution in [0.3, 0.4) is 0 Å². The van der Waals surface area contributed by atoms with Gasteiger partial charge in [0, 0.05) is 17.8 Å². The van der Waals surface area contributed by atoms with Crippen molar-refractivity contribution in [1.82, 2.24) is 14.4 Å². The predicted molar refractivity (Wildman–Crippen MR) is 73.4 cm³/mol. The Balaban J connectivity index is 2.40. The van der Waals surface area contributed by atoms with Gasteiger partial charge in [-0.2, -0.15) is 0 Å². The van der Waals surface area contributed by atoms with Crippen molar-refractivity contribution in [2.75, 3.05) is 0 Å². The van der Waals surface area contributed by atoms with Crippen LogP contribution in [-0.4, -0.2) is 20.7 Å². The van der Waals surface area contributed by atoms with E-state index in [-0.39, 0.29) is 0 Å². The molecule has 4 rings (SSSR count). The summed E-state index contributed by atoms with van der Waals surface area (Å²) in [6.45, 7) is 0. The molecule has 3 aromatic heterocycles. The van der Waals surface area contributed by atoms with Crippen LogP contribution in [0.15, 0.2) is 48.8 Å². The van der Waals surface area contributed by atoms with E-state index in [1.54, 1.807) is 12.4 Å². The lowest BCUT2D eigenvalue weighted by atomic mass is 10.2. The molecule has 4 nitrogen and oxygen atoms in total. The van der Waals surface area contributed by atoms with Crippen LogP contribution >= 0.6 is 0 Å².